The SMILES string of the molecule is O=C(O)C1CCCN(/[N+]([O-])=N/[O-])C1. The highest BCUT2D eigenvalue weighted by Gasteiger charge is 2.28. The molecule has 0 saturated carbocycles. The average Bonchev–Trinajstić information content (AvgIpc) is 2.17. The molecular formula is C6H10N3O4-. The number of rotatable bonds is 2. The summed E-state index contributed by atoms with van der Waals surface area (Å²) in [4.78, 5) is 10.5. The van der Waals surface area contributed by atoms with E-state index in [1.165, 1.54) is 0 Å². The van der Waals surface area contributed by atoms with Crippen LogP contribution in [0.25, 0.3) is 0 Å². The van der Waals surface area contributed by atoms with Crippen LogP contribution in [-0.2, 0) is 4.79 Å². The zero-order chi connectivity index (χ0) is 9.84. The van der Waals surface area contributed by atoms with Crippen LogP contribution in [0, 0.1) is 16.3 Å². The Hall–Kier alpha value is -1.53. The summed E-state index contributed by atoms with van der Waals surface area (Å²) < 4.78 is 0. The molecule has 0 aromatic heterocycles. The Morgan fingerprint density at radius 2 is 2.38 bits per heavy atom. The Labute approximate surface area is 74.4 Å². The summed E-state index contributed by atoms with van der Waals surface area (Å²) in [7, 11) is 0. The van der Waals surface area contributed by atoms with E-state index in [0.717, 1.165) is 5.01 Å². The van der Waals surface area contributed by atoms with Crippen LogP contribution >= 0.6 is 0 Å². The summed E-state index contributed by atoms with van der Waals surface area (Å²) >= 11 is 0. The Morgan fingerprint density at radius 3 is 2.92 bits per heavy atom. The molecule has 1 N–H and O–H groups in total. The maximum absolute atomic E-state index is 10.7. The van der Waals surface area contributed by atoms with Crippen molar-refractivity contribution >= 4 is 5.97 Å². The third-order valence-corrected chi connectivity index (χ3v) is 2.06. The van der Waals surface area contributed by atoms with Gasteiger partial charge in [-0.15, -0.1) is 5.01 Å². The van der Waals surface area contributed by atoms with Crippen molar-refractivity contribution in [1.82, 2.24) is 5.01 Å². The first-order valence-electron chi connectivity index (χ1n) is 3.93. The second kappa shape index (κ2) is 3.92. The number of piperidine rings is 1. The van der Waals surface area contributed by atoms with Gasteiger partial charge in [0.15, 0.2) is 0 Å². The first-order valence-corrected chi connectivity index (χ1v) is 3.93. The van der Waals surface area contributed by atoms with E-state index in [-0.39, 0.29) is 11.5 Å². The maximum atomic E-state index is 10.7. The van der Waals surface area contributed by atoms with Gasteiger partial charge in [-0.3, -0.25) is 4.79 Å². The summed E-state index contributed by atoms with van der Waals surface area (Å²) in [5, 5.41) is 32.5. The number of carboxylic acid groups (broad SMARTS) is 1. The Kier molecular flexibility index (Phi) is 2.88. The Balaban J connectivity index is 2.56. The molecule has 7 nitrogen and oxygen atoms in total. The van der Waals surface area contributed by atoms with Crippen molar-refractivity contribution in [2.45, 2.75) is 12.8 Å². The first-order chi connectivity index (χ1) is 6.15. The van der Waals surface area contributed by atoms with Gasteiger partial charge in [-0.1, -0.05) is 0 Å². The molecule has 0 spiro atoms. The van der Waals surface area contributed by atoms with Crippen molar-refractivity contribution in [3.05, 3.63) is 10.4 Å². The van der Waals surface area contributed by atoms with E-state index in [2.05, 4.69) is 5.28 Å². The average molecular weight is 188 g/mol. The van der Waals surface area contributed by atoms with Crippen LogP contribution in [-0.4, -0.2) is 34.1 Å². The summed E-state index contributed by atoms with van der Waals surface area (Å²) in [5.41, 5.74) is 0. The number of hydrogen-bond donors (Lipinski definition) is 1. The zero-order valence-electron chi connectivity index (χ0n) is 6.92. The maximum Gasteiger partial charge on any atom is 0.308 e. The molecule has 1 aliphatic heterocycles. The number of hydrogen-bond acceptors (Lipinski definition) is 4. The Morgan fingerprint density at radius 1 is 1.69 bits per heavy atom. The van der Waals surface area contributed by atoms with Gasteiger partial charge in [0.25, 0.3) is 0 Å². The number of carbonyl (C=O) groups is 1. The van der Waals surface area contributed by atoms with Crippen LogP contribution in [0.1, 0.15) is 12.8 Å². The minimum atomic E-state index is -0.941. The van der Waals surface area contributed by atoms with Crippen LogP contribution in [0.15, 0.2) is 5.28 Å². The fraction of sp³-hybridized carbons (Fsp3) is 0.833. The highest BCUT2D eigenvalue weighted by molar-refractivity contribution is 5.70. The molecule has 1 fully saturated rings. The Bertz CT molecular complexity index is 230. The van der Waals surface area contributed by atoms with Crippen molar-refractivity contribution in [3.8, 4) is 0 Å². The van der Waals surface area contributed by atoms with E-state index < -0.39 is 11.9 Å². The lowest BCUT2D eigenvalue weighted by atomic mass is 10.00. The van der Waals surface area contributed by atoms with Gasteiger partial charge in [-0.2, -0.15) is 0 Å². The molecule has 0 radical (unpaired) electrons. The number of carboxylic acids is 1. The van der Waals surface area contributed by atoms with Crippen molar-refractivity contribution < 1.29 is 14.9 Å². The lowest BCUT2D eigenvalue weighted by Crippen LogP contribution is -2.42. The molecule has 1 unspecified atom stereocenters. The van der Waals surface area contributed by atoms with Crippen molar-refractivity contribution in [2.75, 3.05) is 13.1 Å². The lowest BCUT2D eigenvalue weighted by molar-refractivity contribution is -0.693. The standard InChI is InChI=1S/C6H11N3O4/c10-6(11)5-2-1-3-8(4-5)9(13)7-12/h5,12H,1-4H2,(H,10,11)/p-1/b9-7-. The fourth-order valence-corrected chi connectivity index (χ4v) is 1.37. The van der Waals surface area contributed by atoms with Crippen LogP contribution in [0.3, 0.4) is 0 Å². The van der Waals surface area contributed by atoms with Gasteiger partial charge in [-0.05, 0) is 18.1 Å². The molecule has 0 aromatic rings. The van der Waals surface area contributed by atoms with E-state index in [1.54, 1.807) is 0 Å². The molecule has 0 aromatic carbocycles. The highest BCUT2D eigenvalue weighted by Crippen LogP contribution is 2.16. The van der Waals surface area contributed by atoms with E-state index in [0.29, 0.717) is 19.4 Å². The van der Waals surface area contributed by atoms with Gasteiger partial charge in [-0.25, -0.2) is 0 Å². The van der Waals surface area contributed by atoms with Crippen LogP contribution in [0.5, 0.6) is 0 Å². The van der Waals surface area contributed by atoms with E-state index in [9.17, 15) is 15.2 Å². The van der Waals surface area contributed by atoms with E-state index >= 15 is 0 Å². The molecule has 1 rings (SSSR count). The van der Waals surface area contributed by atoms with E-state index in [1.807, 2.05) is 0 Å². The molecule has 0 aliphatic carbocycles. The van der Waals surface area contributed by atoms with Gasteiger partial charge < -0.3 is 15.5 Å². The molecule has 1 aliphatic rings. The third-order valence-electron chi connectivity index (χ3n) is 2.06. The summed E-state index contributed by atoms with van der Waals surface area (Å²) in [6.07, 6.45) is 1.13. The second-order valence-electron chi connectivity index (χ2n) is 2.92. The van der Waals surface area contributed by atoms with Crippen LogP contribution < -0.4 is 0 Å². The van der Waals surface area contributed by atoms with Gasteiger partial charge >= 0.3 is 5.97 Å². The summed E-state index contributed by atoms with van der Waals surface area (Å²) in [5.74, 6) is -1.52. The molecule has 13 heavy (non-hydrogen) atoms. The first kappa shape index (κ1) is 9.56. The highest BCUT2D eigenvalue weighted by atomic mass is 16.6. The minimum Gasteiger partial charge on any atom is -0.737 e. The molecule has 1 saturated heterocycles. The topological polar surface area (TPSA) is 102 Å². The van der Waals surface area contributed by atoms with Gasteiger partial charge in [0.05, 0.1) is 19.0 Å². The molecule has 0 bridgehead atoms. The number of hydrazine groups is 1. The molecule has 74 valence electrons. The second-order valence-corrected chi connectivity index (χ2v) is 2.92. The predicted molar refractivity (Wildman–Crippen MR) is 41.4 cm³/mol. The molecular weight excluding hydrogens is 178 g/mol. The van der Waals surface area contributed by atoms with Crippen molar-refractivity contribution in [1.29, 1.82) is 0 Å². The molecule has 1 atom stereocenters. The third kappa shape index (κ3) is 2.20. The normalized spacial score (nSPS) is 24.5. The van der Waals surface area contributed by atoms with Crippen LogP contribution in [0.2, 0.25) is 0 Å². The zero-order valence-corrected chi connectivity index (χ0v) is 6.92. The van der Waals surface area contributed by atoms with Gasteiger partial charge in [0, 0.05) is 4.97 Å². The summed E-state index contributed by atoms with van der Waals surface area (Å²) in [6.45, 7) is 0.448. The smallest absolute Gasteiger partial charge is 0.308 e. The summed E-state index contributed by atoms with van der Waals surface area (Å²) in [6, 6.07) is 0. The van der Waals surface area contributed by atoms with Crippen LogP contribution in [0.4, 0.5) is 0 Å². The molecule has 7 heteroatoms. The number of nitrogens with zero attached hydrogens (tertiary/aromatic N) is 3. The monoisotopic (exact) mass is 188 g/mol. The quantitative estimate of drug-likeness (QED) is 0.377. The van der Waals surface area contributed by atoms with E-state index in [4.69, 9.17) is 5.11 Å². The van der Waals surface area contributed by atoms with Gasteiger partial charge in [0.1, 0.15) is 0 Å². The minimum absolute atomic E-state index is 0.0601. The van der Waals surface area contributed by atoms with Gasteiger partial charge in [0.2, 0.25) is 0 Å². The largest absolute Gasteiger partial charge is 0.737 e. The predicted octanol–water partition coefficient (Wildman–Crippen LogP) is 0.158. The molecule has 0 amide bonds. The van der Waals surface area contributed by atoms with Crippen molar-refractivity contribution in [2.24, 2.45) is 11.2 Å². The number of aliphatic carboxylic acids is 1. The molecule has 1 heterocycles. The van der Waals surface area contributed by atoms with Crippen molar-refractivity contribution in [3.63, 3.8) is 0 Å². The fourth-order valence-electron chi connectivity index (χ4n) is 1.37. The lowest BCUT2D eigenvalue weighted by Gasteiger charge is -2.27.